The van der Waals surface area contributed by atoms with Crippen LogP contribution in [0.25, 0.3) is 0 Å². The highest BCUT2D eigenvalue weighted by Gasteiger charge is 2.08. The maximum atomic E-state index is 12.0. The highest BCUT2D eigenvalue weighted by atomic mass is 32.2. The van der Waals surface area contributed by atoms with E-state index in [1.807, 2.05) is 13.8 Å². The predicted molar refractivity (Wildman–Crippen MR) is 91.3 cm³/mol. The van der Waals surface area contributed by atoms with Crippen molar-refractivity contribution >= 4 is 23.4 Å². The monoisotopic (exact) mass is 333 g/mol. The summed E-state index contributed by atoms with van der Waals surface area (Å²) in [6.07, 6.45) is 0. The molecule has 0 aliphatic carbocycles. The summed E-state index contributed by atoms with van der Waals surface area (Å²) in [6, 6.07) is 8.55. The van der Waals surface area contributed by atoms with Crippen LogP contribution in [0.2, 0.25) is 0 Å². The van der Waals surface area contributed by atoms with E-state index in [2.05, 4.69) is 15.3 Å². The zero-order valence-electron chi connectivity index (χ0n) is 13.3. The van der Waals surface area contributed by atoms with Gasteiger partial charge in [0.1, 0.15) is 5.75 Å². The second-order valence-electron chi connectivity index (χ2n) is 5.20. The lowest BCUT2D eigenvalue weighted by molar-refractivity contribution is -0.113. The molecule has 0 aliphatic rings. The molecule has 0 saturated carbocycles. The van der Waals surface area contributed by atoms with Gasteiger partial charge in [-0.25, -0.2) is 4.98 Å². The molecule has 0 fully saturated rings. The molecule has 0 radical (unpaired) electrons. The van der Waals surface area contributed by atoms with Crippen LogP contribution in [0.1, 0.15) is 25.5 Å². The number of rotatable bonds is 6. The summed E-state index contributed by atoms with van der Waals surface area (Å²) in [5, 5.41) is 3.23. The molecule has 0 atom stereocenters. The third-order valence-electron chi connectivity index (χ3n) is 3.05. The van der Waals surface area contributed by atoms with Crippen molar-refractivity contribution in [2.24, 2.45) is 0 Å². The van der Waals surface area contributed by atoms with E-state index in [4.69, 9.17) is 4.74 Å². The summed E-state index contributed by atoms with van der Waals surface area (Å²) in [6.45, 7) is 3.93. The Hall–Kier alpha value is -2.28. The first-order valence-corrected chi connectivity index (χ1v) is 8.14. The van der Waals surface area contributed by atoms with Crippen LogP contribution in [0.4, 0.5) is 5.69 Å². The van der Waals surface area contributed by atoms with E-state index >= 15 is 0 Å². The maximum Gasteiger partial charge on any atom is 0.251 e. The molecule has 0 spiro atoms. The van der Waals surface area contributed by atoms with Crippen LogP contribution < -0.4 is 15.6 Å². The lowest BCUT2D eigenvalue weighted by atomic mass is 10.1. The SMILES string of the molecule is COc1ccc(NC(=O)CSc2nc(C(C)C)cc(=O)[nH]2)cc1. The Kier molecular flexibility index (Phi) is 5.81. The standard InChI is InChI=1S/C16H19N3O3S/c1-10(2)13-8-14(20)19-16(18-13)23-9-15(21)17-11-4-6-12(22-3)7-5-11/h4-8,10H,9H2,1-3H3,(H,17,21)(H,18,19,20). The number of methoxy groups -OCH3 is 1. The van der Waals surface area contributed by atoms with Crippen molar-refractivity contribution in [3.05, 3.63) is 46.4 Å². The Labute approximate surface area is 138 Å². The Bertz CT molecular complexity index is 726. The number of hydrogen-bond donors (Lipinski definition) is 2. The van der Waals surface area contributed by atoms with Gasteiger partial charge in [-0.1, -0.05) is 25.6 Å². The number of thioether (sulfide) groups is 1. The third-order valence-corrected chi connectivity index (χ3v) is 3.92. The van der Waals surface area contributed by atoms with E-state index in [1.165, 1.54) is 17.8 Å². The van der Waals surface area contributed by atoms with Crippen molar-refractivity contribution in [3.63, 3.8) is 0 Å². The van der Waals surface area contributed by atoms with Gasteiger partial charge in [-0.2, -0.15) is 0 Å². The van der Waals surface area contributed by atoms with Gasteiger partial charge in [0, 0.05) is 11.8 Å². The van der Waals surface area contributed by atoms with E-state index in [1.54, 1.807) is 31.4 Å². The number of carbonyl (C=O) groups excluding carboxylic acids is 1. The normalized spacial score (nSPS) is 10.6. The van der Waals surface area contributed by atoms with Crippen LogP contribution >= 0.6 is 11.8 Å². The van der Waals surface area contributed by atoms with Gasteiger partial charge in [-0.3, -0.25) is 9.59 Å². The van der Waals surface area contributed by atoms with Crippen LogP contribution in [-0.2, 0) is 4.79 Å². The predicted octanol–water partition coefficient (Wildman–Crippen LogP) is 2.63. The summed E-state index contributed by atoms with van der Waals surface area (Å²) in [5.74, 6) is 0.878. The lowest BCUT2D eigenvalue weighted by Gasteiger charge is -2.07. The van der Waals surface area contributed by atoms with Gasteiger partial charge in [0.05, 0.1) is 18.6 Å². The maximum absolute atomic E-state index is 12.0. The molecule has 2 rings (SSSR count). The molecule has 0 saturated heterocycles. The molecule has 0 bridgehead atoms. The van der Waals surface area contributed by atoms with Gasteiger partial charge in [0.2, 0.25) is 5.91 Å². The van der Waals surface area contributed by atoms with Crippen LogP contribution in [0.15, 0.2) is 40.3 Å². The second kappa shape index (κ2) is 7.82. The number of amides is 1. The number of aromatic nitrogens is 2. The molecule has 1 heterocycles. The topological polar surface area (TPSA) is 84.1 Å². The van der Waals surface area contributed by atoms with Crippen molar-refractivity contribution in [2.45, 2.75) is 24.9 Å². The van der Waals surface area contributed by atoms with E-state index in [-0.39, 0.29) is 23.1 Å². The molecular weight excluding hydrogens is 314 g/mol. The van der Waals surface area contributed by atoms with Crippen LogP contribution in [0.5, 0.6) is 5.75 Å². The molecule has 1 amide bonds. The molecule has 6 nitrogen and oxygen atoms in total. The van der Waals surface area contributed by atoms with E-state index < -0.39 is 0 Å². The fourth-order valence-electron chi connectivity index (χ4n) is 1.82. The molecule has 1 aromatic heterocycles. The number of anilines is 1. The average molecular weight is 333 g/mol. The Morgan fingerprint density at radius 2 is 2.04 bits per heavy atom. The van der Waals surface area contributed by atoms with E-state index in [9.17, 15) is 9.59 Å². The minimum absolute atomic E-state index is 0.157. The minimum atomic E-state index is -0.207. The molecule has 1 aromatic carbocycles. The Morgan fingerprint density at radius 1 is 1.35 bits per heavy atom. The first-order chi connectivity index (χ1) is 11.0. The summed E-state index contributed by atoms with van der Waals surface area (Å²) >= 11 is 1.20. The Morgan fingerprint density at radius 3 is 2.65 bits per heavy atom. The molecule has 0 aliphatic heterocycles. The first-order valence-electron chi connectivity index (χ1n) is 7.16. The highest BCUT2D eigenvalue weighted by molar-refractivity contribution is 7.99. The molecule has 2 aromatic rings. The summed E-state index contributed by atoms with van der Waals surface area (Å²) < 4.78 is 5.06. The second-order valence-corrected chi connectivity index (χ2v) is 6.16. The number of carbonyl (C=O) groups is 1. The number of nitrogens with zero attached hydrogens (tertiary/aromatic N) is 1. The lowest BCUT2D eigenvalue weighted by Crippen LogP contribution is -2.16. The van der Waals surface area contributed by atoms with Crippen LogP contribution in [0, 0.1) is 0 Å². The summed E-state index contributed by atoms with van der Waals surface area (Å²) in [7, 11) is 1.59. The van der Waals surface area contributed by atoms with E-state index in [0.717, 1.165) is 5.75 Å². The molecule has 2 N–H and O–H groups in total. The summed E-state index contributed by atoms with van der Waals surface area (Å²) in [5.41, 5.74) is 1.20. The molecule has 0 unspecified atom stereocenters. The number of H-pyrrole nitrogens is 1. The number of nitrogens with one attached hydrogen (secondary N) is 2. The van der Waals surface area contributed by atoms with Crippen LogP contribution in [0.3, 0.4) is 0 Å². The number of hydrogen-bond acceptors (Lipinski definition) is 5. The molecule has 23 heavy (non-hydrogen) atoms. The first kappa shape index (κ1) is 17.1. The summed E-state index contributed by atoms with van der Waals surface area (Å²) in [4.78, 5) is 30.5. The average Bonchev–Trinajstić information content (AvgIpc) is 2.53. The van der Waals surface area contributed by atoms with Crippen molar-refractivity contribution in [2.75, 3.05) is 18.2 Å². The smallest absolute Gasteiger partial charge is 0.251 e. The van der Waals surface area contributed by atoms with Gasteiger partial charge in [-0.15, -0.1) is 0 Å². The van der Waals surface area contributed by atoms with Crippen molar-refractivity contribution in [3.8, 4) is 5.75 Å². The van der Waals surface area contributed by atoms with Crippen LogP contribution in [-0.4, -0.2) is 28.7 Å². The fourth-order valence-corrected chi connectivity index (χ4v) is 2.51. The molecule has 7 heteroatoms. The van der Waals surface area contributed by atoms with Crippen molar-refractivity contribution < 1.29 is 9.53 Å². The molecule has 122 valence electrons. The van der Waals surface area contributed by atoms with Gasteiger partial charge in [0.15, 0.2) is 5.16 Å². The number of benzene rings is 1. The van der Waals surface area contributed by atoms with Gasteiger partial charge >= 0.3 is 0 Å². The van der Waals surface area contributed by atoms with Crippen molar-refractivity contribution in [1.82, 2.24) is 9.97 Å². The number of aromatic amines is 1. The minimum Gasteiger partial charge on any atom is -0.497 e. The quantitative estimate of drug-likeness (QED) is 0.627. The van der Waals surface area contributed by atoms with Gasteiger partial charge in [0.25, 0.3) is 5.56 Å². The Balaban J connectivity index is 1.94. The molecular formula is C16H19N3O3S. The van der Waals surface area contributed by atoms with E-state index in [0.29, 0.717) is 16.5 Å². The fraction of sp³-hybridized carbons (Fsp3) is 0.312. The third kappa shape index (κ3) is 5.14. The zero-order chi connectivity index (χ0) is 16.8. The van der Waals surface area contributed by atoms with Gasteiger partial charge < -0.3 is 15.0 Å². The van der Waals surface area contributed by atoms with Gasteiger partial charge in [-0.05, 0) is 30.2 Å². The largest absolute Gasteiger partial charge is 0.497 e. The number of ether oxygens (including phenoxy) is 1. The highest BCUT2D eigenvalue weighted by Crippen LogP contribution is 2.17. The van der Waals surface area contributed by atoms with Crippen molar-refractivity contribution in [1.29, 1.82) is 0 Å². The zero-order valence-corrected chi connectivity index (χ0v) is 14.1.